The van der Waals surface area contributed by atoms with E-state index in [1.807, 2.05) is 6.07 Å². The Morgan fingerprint density at radius 2 is 2.33 bits per heavy atom. The molecule has 78 valence electrons. The lowest BCUT2D eigenvalue weighted by atomic mass is 10.1. The number of Topliss-reactive ketones (excluding diaryl/α,β-unsaturated/α-hetero) is 1. The molecule has 0 radical (unpaired) electrons. The molecule has 0 fully saturated rings. The smallest absolute Gasteiger partial charge is 0.177 e. The number of halogens is 1. The number of nitrogen functional groups attached to an aromatic ring is 1. The van der Waals surface area contributed by atoms with E-state index in [0.29, 0.717) is 17.0 Å². The van der Waals surface area contributed by atoms with Gasteiger partial charge >= 0.3 is 0 Å². The van der Waals surface area contributed by atoms with Gasteiger partial charge in [-0.15, -0.1) is 0 Å². The Balaban J connectivity index is 3.36. The molecule has 1 aromatic carbocycles. The van der Waals surface area contributed by atoms with E-state index in [0.717, 1.165) is 0 Å². The summed E-state index contributed by atoms with van der Waals surface area (Å²) in [6.45, 7) is 0. The number of nitrogens with zero attached hydrogens (tertiary/aromatic N) is 1. The van der Waals surface area contributed by atoms with Crippen molar-refractivity contribution in [3.8, 4) is 11.8 Å². The van der Waals surface area contributed by atoms with Crippen LogP contribution in [0.25, 0.3) is 0 Å². The van der Waals surface area contributed by atoms with E-state index in [2.05, 4.69) is 15.9 Å². The maximum atomic E-state index is 11.5. The maximum absolute atomic E-state index is 11.5. The second kappa shape index (κ2) is 4.80. The van der Waals surface area contributed by atoms with Crippen LogP contribution < -0.4 is 10.5 Å². The van der Waals surface area contributed by atoms with E-state index in [9.17, 15) is 4.79 Å². The van der Waals surface area contributed by atoms with Crippen LogP contribution in [0.4, 0.5) is 5.69 Å². The average Bonchev–Trinajstić information content (AvgIpc) is 2.27. The topological polar surface area (TPSA) is 76.1 Å². The lowest BCUT2D eigenvalue weighted by molar-refractivity contribution is 0.102. The Morgan fingerprint density at radius 3 is 2.80 bits per heavy atom. The Hall–Kier alpha value is -1.54. The largest absolute Gasteiger partial charge is 0.496 e. The van der Waals surface area contributed by atoms with Gasteiger partial charge in [0.05, 0.1) is 29.3 Å². The van der Waals surface area contributed by atoms with Crippen LogP contribution in [0.2, 0.25) is 0 Å². The van der Waals surface area contributed by atoms with Crippen LogP contribution in [0, 0.1) is 11.3 Å². The molecule has 0 unspecified atom stereocenters. The zero-order valence-corrected chi connectivity index (χ0v) is 9.67. The molecule has 1 rings (SSSR count). The molecule has 0 aliphatic heterocycles. The molecule has 4 nitrogen and oxygen atoms in total. The molecule has 0 aromatic heterocycles. The fourth-order valence-corrected chi connectivity index (χ4v) is 1.45. The number of nitrogens with two attached hydrogens (primary N) is 1. The van der Waals surface area contributed by atoms with Crippen molar-refractivity contribution in [1.29, 1.82) is 5.26 Å². The summed E-state index contributed by atoms with van der Waals surface area (Å²) in [5, 5.41) is 8.95. The van der Waals surface area contributed by atoms with E-state index >= 15 is 0 Å². The SMILES string of the molecule is COc1cc(N)c(C#N)cc1C(=O)CBr. The molecule has 0 bridgehead atoms. The third kappa shape index (κ3) is 2.28. The lowest BCUT2D eigenvalue weighted by Crippen LogP contribution is -2.05. The number of alkyl halides is 1. The van der Waals surface area contributed by atoms with Gasteiger partial charge in [-0.05, 0) is 6.07 Å². The third-order valence-electron chi connectivity index (χ3n) is 1.91. The number of carbonyl (C=O) groups is 1. The molecule has 1 aromatic rings. The van der Waals surface area contributed by atoms with Crippen molar-refractivity contribution in [3.63, 3.8) is 0 Å². The Kier molecular flexibility index (Phi) is 3.69. The number of hydrogen-bond acceptors (Lipinski definition) is 4. The van der Waals surface area contributed by atoms with Crippen molar-refractivity contribution in [1.82, 2.24) is 0 Å². The van der Waals surface area contributed by atoms with Crippen LogP contribution in [0.1, 0.15) is 15.9 Å². The predicted octanol–water partition coefficient (Wildman–Crippen LogP) is 1.73. The summed E-state index contributed by atoms with van der Waals surface area (Å²) >= 11 is 3.06. The first-order valence-electron chi connectivity index (χ1n) is 4.10. The number of hydrogen-bond donors (Lipinski definition) is 1. The maximum Gasteiger partial charge on any atom is 0.177 e. The highest BCUT2D eigenvalue weighted by Crippen LogP contribution is 2.25. The summed E-state index contributed by atoms with van der Waals surface area (Å²) in [6.07, 6.45) is 0. The first kappa shape index (κ1) is 11.5. The summed E-state index contributed by atoms with van der Waals surface area (Å²) < 4.78 is 5.02. The minimum absolute atomic E-state index is 0.150. The minimum Gasteiger partial charge on any atom is -0.496 e. The van der Waals surface area contributed by atoms with Gasteiger partial charge in [0.15, 0.2) is 5.78 Å². The quantitative estimate of drug-likeness (QED) is 0.515. The molecule has 0 amide bonds. The number of anilines is 1. The monoisotopic (exact) mass is 268 g/mol. The first-order valence-corrected chi connectivity index (χ1v) is 5.23. The Labute approximate surface area is 95.8 Å². The molecule has 0 saturated carbocycles. The summed E-state index contributed by atoms with van der Waals surface area (Å²) in [7, 11) is 1.45. The van der Waals surface area contributed by atoms with Crippen LogP contribution in [0.5, 0.6) is 5.75 Å². The van der Waals surface area contributed by atoms with Crippen molar-refractivity contribution in [3.05, 3.63) is 23.3 Å². The Bertz CT molecular complexity index is 438. The minimum atomic E-state index is -0.150. The number of benzene rings is 1. The predicted molar refractivity (Wildman–Crippen MR) is 60.2 cm³/mol. The molecule has 2 N–H and O–H groups in total. The van der Waals surface area contributed by atoms with Gasteiger partial charge in [-0.3, -0.25) is 4.79 Å². The highest BCUT2D eigenvalue weighted by molar-refractivity contribution is 9.09. The number of rotatable bonds is 3. The number of ether oxygens (including phenoxy) is 1. The molecule has 0 atom stereocenters. The summed E-state index contributed by atoms with van der Waals surface area (Å²) in [4.78, 5) is 11.5. The van der Waals surface area contributed by atoms with Gasteiger partial charge in [0.2, 0.25) is 0 Å². The van der Waals surface area contributed by atoms with E-state index in [4.69, 9.17) is 15.7 Å². The molecule has 0 spiro atoms. The van der Waals surface area contributed by atoms with Gasteiger partial charge in [-0.2, -0.15) is 5.26 Å². The number of nitriles is 1. The molecule has 0 aliphatic rings. The van der Waals surface area contributed by atoms with Gasteiger partial charge < -0.3 is 10.5 Å². The van der Waals surface area contributed by atoms with E-state index < -0.39 is 0 Å². The fourth-order valence-electron chi connectivity index (χ4n) is 1.15. The van der Waals surface area contributed by atoms with Crippen molar-refractivity contribution in [2.75, 3.05) is 18.2 Å². The third-order valence-corrected chi connectivity index (χ3v) is 2.42. The standard InChI is InChI=1S/C10H9BrN2O2/c1-15-10-3-8(13)6(5-12)2-7(10)9(14)4-11/h2-3H,4,13H2,1H3. The number of carbonyl (C=O) groups excluding carboxylic acids is 1. The zero-order chi connectivity index (χ0) is 11.4. The van der Waals surface area contributed by atoms with Crippen molar-refractivity contribution < 1.29 is 9.53 Å². The van der Waals surface area contributed by atoms with Crippen LogP contribution in [-0.4, -0.2) is 18.2 Å². The molecule has 5 heteroatoms. The van der Waals surface area contributed by atoms with Crippen LogP contribution >= 0.6 is 15.9 Å². The van der Waals surface area contributed by atoms with Gasteiger partial charge in [0.25, 0.3) is 0 Å². The molecule has 15 heavy (non-hydrogen) atoms. The second-order valence-corrected chi connectivity index (χ2v) is 3.37. The zero-order valence-electron chi connectivity index (χ0n) is 8.08. The highest BCUT2D eigenvalue weighted by atomic mass is 79.9. The van der Waals surface area contributed by atoms with Crippen molar-refractivity contribution in [2.45, 2.75) is 0 Å². The summed E-state index contributed by atoms with van der Waals surface area (Å²) in [5.41, 5.74) is 6.54. The van der Waals surface area contributed by atoms with Gasteiger partial charge in [-0.25, -0.2) is 0 Å². The van der Waals surface area contributed by atoms with Gasteiger partial charge in [0.1, 0.15) is 11.8 Å². The van der Waals surface area contributed by atoms with Crippen LogP contribution in [0.15, 0.2) is 12.1 Å². The van der Waals surface area contributed by atoms with E-state index in [-0.39, 0.29) is 16.7 Å². The van der Waals surface area contributed by atoms with Crippen molar-refractivity contribution >= 4 is 27.4 Å². The van der Waals surface area contributed by atoms with Crippen molar-refractivity contribution in [2.24, 2.45) is 0 Å². The molecule has 0 saturated heterocycles. The second-order valence-electron chi connectivity index (χ2n) is 2.81. The summed E-state index contributed by atoms with van der Waals surface area (Å²) in [5.74, 6) is 0.235. The van der Waals surface area contributed by atoms with Crippen LogP contribution in [-0.2, 0) is 0 Å². The van der Waals surface area contributed by atoms with Crippen LogP contribution in [0.3, 0.4) is 0 Å². The highest BCUT2D eigenvalue weighted by Gasteiger charge is 2.14. The molecule has 0 heterocycles. The Morgan fingerprint density at radius 1 is 1.67 bits per heavy atom. The van der Waals surface area contributed by atoms with Gasteiger partial charge in [0, 0.05) is 6.07 Å². The van der Waals surface area contributed by atoms with Gasteiger partial charge in [-0.1, -0.05) is 15.9 Å². The van der Waals surface area contributed by atoms with E-state index in [1.54, 1.807) is 0 Å². The normalized spacial score (nSPS) is 9.40. The lowest BCUT2D eigenvalue weighted by Gasteiger charge is -2.08. The summed E-state index contributed by atoms with van der Waals surface area (Å²) in [6, 6.07) is 4.84. The fraction of sp³-hybridized carbons (Fsp3) is 0.200. The molecule has 0 aliphatic carbocycles. The number of methoxy groups -OCH3 is 1. The average molecular weight is 269 g/mol. The molecular formula is C10H9BrN2O2. The molecular weight excluding hydrogens is 260 g/mol. The first-order chi connectivity index (χ1) is 7.13. The van der Waals surface area contributed by atoms with E-state index in [1.165, 1.54) is 19.2 Å². The number of ketones is 1.